The standard InChI is InChI=1S/C16H25N3O2S2/c1-9(13-7-11-4-5-12(13)6-11)17-15(20)10(2)23-16-19-18-14(21-16)8-22-3/h9-13H,4-8H2,1-3H3,(H,17,20). The number of fused-ring (bicyclic) bond motifs is 2. The Labute approximate surface area is 146 Å². The summed E-state index contributed by atoms with van der Waals surface area (Å²) in [4.78, 5) is 12.4. The highest BCUT2D eigenvalue weighted by molar-refractivity contribution is 8.00. The normalized spacial score (nSPS) is 28.7. The van der Waals surface area contributed by atoms with Crippen LogP contribution >= 0.6 is 23.5 Å². The van der Waals surface area contributed by atoms with Crippen LogP contribution in [0, 0.1) is 17.8 Å². The Balaban J connectivity index is 1.48. The minimum atomic E-state index is -0.223. The predicted molar refractivity (Wildman–Crippen MR) is 93.4 cm³/mol. The first-order chi connectivity index (χ1) is 11.1. The summed E-state index contributed by atoms with van der Waals surface area (Å²) in [6, 6.07) is 0.260. The average molecular weight is 356 g/mol. The number of hydrogen-bond donors (Lipinski definition) is 1. The molecule has 0 radical (unpaired) electrons. The van der Waals surface area contributed by atoms with Gasteiger partial charge >= 0.3 is 0 Å². The van der Waals surface area contributed by atoms with E-state index in [4.69, 9.17) is 4.42 Å². The van der Waals surface area contributed by atoms with Gasteiger partial charge < -0.3 is 9.73 Å². The molecule has 5 atom stereocenters. The van der Waals surface area contributed by atoms with E-state index in [-0.39, 0.29) is 17.2 Å². The van der Waals surface area contributed by atoms with Crippen molar-refractivity contribution in [2.75, 3.05) is 6.26 Å². The molecule has 1 amide bonds. The predicted octanol–water partition coefficient (Wildman–Crippen LogP) is 3.35. The van der Waals surface area contributed by atoms with E-state index < -0.39 is 0 Å². The lowest BCUT2D eigenvalue weighted by molar-refractivity contribution is -0.121. The first-order valence-corrected chi connectivity index (χ1v) is 10.6. The number of carbonyl (C=O) groups excluding carboxylic acids is 1. The lowest BCUT2D eigenvalue weighted by Crippen LogP contribution is -2.43. The van der Waals surface area contributed by atoms with Crippen molar-refractivity contribution in [3.63, 3.8) is 0 Å². The van der Waals surface area contributed by atoms with Gasteiger partial charge in [0.2, 0.25) is 11.8 Å². The summed E-state index contributed by atoms with van der Waals surface area (Å²) >= 11 is 2.97. The maximum atomic E-state index is 12.4. The highest BCUT2D eigenvalue weighted by Gasteiger charge is 2.42. The maximum Gasteiger partial charge on any atom is 0.277 e. The van der Waals surface area contributed by atoms with Crippen molar-refractivity contribution in [1.29, 1.82) is 0 Å². The molecule has 2 fully saturated rings. The maximum absolute atomic E-state index is 12.4. The summed E-state index contributed by atoms with van der Waals surface area (Å²) in [5.74, 6) is 3.77. The molecule has 1 heterocycles. The second kappa shape index (κ2) is 7.47. The van der Waals surface area contributed by atoms with Gasteiger partial charge in [-0.15, -0.1) is 10.2 Å². The Morgan fingerprint density at radius 2 is 2.17 bits per heavy atom. The van der Waals surface area contributed by atoms with Gasteiger partial charge in [0, 0.05) is 6.04 Å². The third kappa shape index (κ3) is 4.05. The third-order valence-electron chi connectivity index (χ3n) is 5.17. The van der Waals surface area contributed by atoms with Gasteiger partial charge in [-0.3, -0.25) is 4.79 Å². The van der Waals surface area contributed by atoms with Gasteiger partial charge in [0.25, 0.3) is 5.22 Å². The van der Waals surface area contributed by atoms with Crippen LogP contribution in [0.4, 0.5) is 0 Å². The first-order valence-electron chi connectivity index (χ1n) is 8.35. The van der Waals surface area contributed by atoms with Crippen molar-refractivity contribution in [1.82, 2.24) is 15.5 Å². The molecule has 2 saturated carbocycles. The molecule has 2 aliphatic rings. The highest BCUT2D eigenvalue weighted by atomic mass is 32.2. The van der Waals surface area contributed by atoms with E-state index in [1.54, 1.807) is 11.8 Å². The van der Waals surface area contributed by atoms with Crippen LogP contribution in [0.3, 0.4) is 0 Å². The molecular weight excluding hydrogens is 330 g/mol. The van der Waals surface area contributed by atoms with Crippen LogP contribution in [0.2, 0.25) is 0 Å². The van der Waals surface area contributed by atoms with Crippen LogP contribution in [-0.2, 0) is 10.5 Å². The topological polar surface area (TPSA) is 68.0 Å². The fourth-order valence-electron chi connectivity index (χ4n) is 4.03. The van der Waals surface area contributed by atoms with Crippen LogP contribution in [0.25, 0.3) is 0 Å². The molecule has 3 rings (SSSR count). The number of nitrogens with zero attached hydrogens (tertiary/aromatic N) is 2. The monoisotopic (exact) mass is 355 g/mol. The van der Waals surface area contributed by atoms with Crippen LogP contribution in [0.5, 0.6) is 0 Å². The fourth-order valence-corrected chi connectivity index (χ4v) is 5.10. The summed E-state index contributed by atoms with van der Waals surface area (Å²) in [6.45, 7) is 4.05. The lowest BCUT2D eigenvalue weighted by atomic mass is 9.84. The van der Waals surface area contributed by atoms with Crippen LogP contribution < -0.4 is 5.32 Å². The zero-order chi connectivity index (χ0) is 16.4. The molecule has 0 spiro atoms. The number of hydrogen-bond acceptors (Lipinski definition) is 6. The Kier molecular flexibility index (Phi) is 5.57. The Morgan fingerprint density at radius 3 is 2.83 bits per heavy atom. The van der Waals surface area contributed by atoms with E-state index in [1.807, 2.05) is 13.2 Å². The van der Waals surface area contributed by atoms with Gasteiger partial charge in [0.05, 0.1) is 11.0 Å². The van der Waals surface area contributed by atoms with E-state index in [2.05, 4.69) is 22.4 Å². The van der Waals surface area contributed by atoms with E-state index in [9.17, 15) is 4.79 Å². The smallest absolute Gasteiger partial charge is 0.277 e. The largest absolute Gasteiger partial charge is 0.415 e. The van der Waals surface area contributed by atoms with Crippen LogP contribution in [0.1, 0.15) is 45.4 Å². The van der Waals surface area contributed by atoms with Gasteiger partial charge in [-0.1, -0.05) is 18.2 Å². The molecule has 23 heavy (non-hydrogen) atoms. The average Bonchev–Trinajstić information content (AvgIpc) is 3.24. The zero-order valence-corrected chi connectivity index (χ0v) is 15.6. The van der Waals surface area contributed by atoms with Crippen molar-refractivity contribution in [3.05, 3.63) is 5.89 Å². The van der Waals surface area contributed by atoms with E-state index in [1.165, 1.54) is 37.4 Å². The minimum absolute atomic E-state index is 0.0647. The van der Waals surface area contributed by atoms with Crippen molar-refractivity contribution < 1.29 is 9.21 Å². The molecule has 0 aliphatic heterocycles. The number of rotatable bonds is 7. The summed E-state index contributed by atoms with van der Waals surface area (Å²) in [5.41, 5.74) is 0. The summed E-state index contributed by atoms with van der Waals surface area (Å²) < 4.78 is 5.53. The van der Waals surface area contributed by atoms with E-state index >= 15 is 0 Å². The number of nitrogens with one attached hydrogen (secondary N) is 1. The summed E-state index contributed by atoms with van der Waals surface area (Å²) in [7, 11) is 0. The molecule has 1 aromatic heterocycles. The van der Waals surface area contributed by atoms with Crippen LogP contribution in [-0.4, -0.2) is 33.7 Å². The van der Waals surface area contributed by atoms with Crippen LogP contribution in [0.15, 0.2) is 9.64 Å². The molecular formula is C16H25N3O2S2. The quantitative estimate of drug-likeness (QED) is 0.757. The molecule has 128 valence electrons. The molecule has 5 nitrogen and oxygen atoms in total. The zero-order valence-electron chi connectivity index (χ0n) is 13.9. The molecule has 0 saturated heterocycles. The highest BCUT2D eigenvalue weighted by Crippen LogP contribution is 2.49. The van der Waals surface area contributed by atoms with Gasteiger partial charge in [-0.25, -0.2) is 0 Å². The minimum Gasteiger partial charge on any atom is -0.415 e. The molecule has 7 heteroatoms. The number of amides is 1. The van der Waals surface area contributed by atoms with Gasteiger partial charge in [-0.05, 0) is 57.1 Å². The Morgan fingerprint density at radius 1 is 1.35 bits per heavy atom. The summed E-state index contributed by atoms with van der Waals surface area (Å²) in [5, 5.41) is 11.4. The number of thioether (sulfide) groups is 2. The number of carbonyl (C=O) groups is 1. The van der Waals surface area contributed by atoms with Gasteiger partial charge in [0.15, 0.2) is 0 Å². The molecule has 2 bridgehead atoms. The SMILES string of the molecule is CSCc1nnc(SC(C)C(=O)NC(C)C2CC3CCC2C3)o1. The first kappa shape index (κ1) is 17.1. The molecule has 5 unspecified atom stereocenters. The third-order valence-corrected chi connectivity index (χ3v) is 6.64. The molecule has 1 N–H and O–H groups in total. The summed E-state index contributed by atoms with van der Waals surface area (Å²) in [6.07, 6.45) is 7.39. The van der Waals surface area contributed by atoms with Gasteiger partial charge in [-0.2, -0.15) is 11.8 Å². The van der Waals surface area contributed by atoms with Crippen molar-refractivity contribution in [3.8, 4) is 0 Å². The molecule has 1 aromatic rings. The van der Waals surface area contributed by atoms with Crippen molar-refractivity contribution in [2.24, 2.45) is 17.8 Å². The van der Waals surface area contributed by atoms with Crippen molar-refractivity contribution >= 4 is 29.4 Å². The van der Waals surface area contributed by atoms with Gasteiger partial charge in [0.1, 0.15) is 0 Å². The second-order valence-corrected chi connectivity index (χ2v) is 8.95. The molecule has 0 aromatic carbocycles. The van der Waals surface area contributed by atoms with E-state index in [0.717, 1.165) is 11.8 Å². The fraction of sp³-hybridized carbons (Fsp3) is 0.812. The Hall–Kier alpha value is -0.690. The van der Waals surface area contributed by atoms with E-state index in [0.29, 0.717) is 22.8 Å². The Bertz CT molecular complexity index is 551. The number of aromatic nitrogens is 2. The second-order valence-electron chi connectivity index (χ2n) is 6.79. The lowest BCUT2D eigenvalue weighted by Gasteiger charge is -2.29. The van der Waals surface area contributed by atoms with Crippen molar-refractivity contribution in [2.45, 2.75) is 61.8 Å². The molecule has 2 aliphatic carbocycles.